The van der Waals surface area contributed by atoms with Crippen molar-refractivity contribution in [2.24, 2.45) is 0 Å². The molecule has 5 rings (SSSR count). The largest absolute Gasteiger partial charge is 0.378 e. The molecule has 1 aromatic carbocycles. The number of hydrogen-bond acceptors (Lipinski definition) is 10. The second kappa shape index (κ2) is 11.0. The monoisotopic (exact) mass is 516 g/mol. The zero-order valence-corrected chi connectivity index (χ0v) is 21.4. The first-order valence-corrected chi connectivity index (χ1v) is 12.7. The second-order valence-electron chi connectivity index (χ2n) is 8.79. The van der Waals surface area contributed by atoms with Crippen molar-refractivity contribution in [2.45, 2.75) is 13.1 Å². The first-order valence-electron chi connectivity index (χ1n) is 11.9. The highest BCUT2D eigenvalue weighted by molar-refractivity contribution is 7.19. The van der Waals surface area contributed by atoms with Gasteiger partial charge in [-0.1, -0.05) is 18.7 Å². The molecule has 1 aliphatic heterocycles. The van der Waals surface area contributed by atoms with Gasteiger partial charge >= 0.3 is 0 Å². The number of benzene rings is 1. The molecule has 0 saturated carbocycles. The summed E-state index contributed by atoms with van der Waals surface area (Å²) < 4.78 is 6.62. The predicted octanol–water partition coefficient (Wildman–Crippen LogP) is 3.32. The Morgan fingerprint density at radius 1 is 1.19 bits per heavy atom. The van der Waals surface area contributed by atoms with Gasteiger partial charge in [0, 0.05) is 49.1 Å². The van der Waals surface area contributed by atoms with Gasteiger partial charge < -0.3 is 20.7 Å². The summed E-state index contributed by atoms with van der Waals surface area (Å²) in [5, 5.41) is 2.77. The van der Waals surface area contributed by atoms with Gasteiger partial charge in [0.15, 0.2) is 11.6 Å². The number of nitrogen functional groups attached to an aromatic ring is 1. The smallest absolute Gasteiger partial charge is 0.247 e. The molecule has 0 bridgehead atoms. The van der Waals surface area contributed by atoms with Gasteiger partial charge in [0.2, 0.25) is 11.9 Å². The number of morpholine rings is 1. The van der Waals surface area contributed by atoms with E-state index in [0.717, 1.165) is 59.0 Å². The highest BCUT2D eigenvalue weighted by Crippen LogP contribution is 2.35. The van der Waals surface area contributed by atoms with Crippen LogP contribution >= 0.6 is 11.3 Å². The van der Waals surface area contributed by atoms with Crippen LogP contribution in [0, 0.1) is 0 Å². The highest BCUT2D eigenvalue weighted by Gasteiger charge is 2.21. The van der Waals surface area contributed by atoms with Crippen LogP contribution in [0.1, 0.15) is 10.4 Å². The van der Waals surface area contributed by atoms with Gasteiger partial charge in [-0.2, -0.15) is 0 Å². The Balaban J connectivity index is 1.38. The summed E-state index contributed by atoms with van der Waals surface area (Å²) in [4.78, 5) is 35.2. The molecule has 10 nitrogen and oxygen atoms in total. The maximum Gasteiger partial charge on any atom is 0.247 e. The Morgan fingerprint density at radius 3 is 2.62 bits per heavy atom. The number of fused-ring (bicyclic) bond motifs is 1. The number of carbonyl (C=O) groups excluding carboxylic acids is 1. The van der Waals surface area contributed by atoms with Crippen molar-refractivity contribution in [3.8, 4) is 11.4 Å². The summed E-state index contributed by atoms with van der Waals surface area (Å²) in [7, 11) is 2.09. The van der Waals surface area contributed by atoms with Crippen LogP contribution in [0.5, 0.6) is 0 Å². The van der Waals surface area contributed by atoms with Gasteiger partial charge in [0.25, 0.3) is 0 Å². The number of aromatic nitrogens is 4. The molecule has 1 saturated heterocycles. The van der Waals surface area contributed by atoms with Crippen LogP contribution in [0.2, 0.25) is 0 Å². The van der Waals surface area contributed by atoms with Crippen molar-refractivity contribution in [3.05, 3.63) is 65.8 Å². The Kier molecular flexibility index (Phi) is 7.35. The van der Waals surface area contributed by atoms with E-state index in [0.29, 0.717) is 19.0 Å². The number of nitrogens with one attached hydrogen (secondary N) is 1. The molecule has 0 unspecified atom stereocenters. The third-order valence-electron chi connectivity index (χ3n) is 5.93. The SMILES string of the molecule is C=CC(=O)Nc1ccc(CN(C)Cc2cc3nc(-c4cnc(N)nc4)nc(N4CCOCC4)c3s2)cc1. The summed E-state index contributed by atoms with van der Waals surface area (Å²) in [6.07, 6.45) is 4.57. The van der Waals surface area contributed by atoms with Crippen LogP contribution < -0.4 is 16.0 Å². The molecule has 11 heteroatoms. The van der Waals surface area contributed by atoms with E-state index in [1.165, 1.54) is 11.0 Å². The standard InChI is InChI=1S/C26H28N8O2S/c1-3-22(35)30-19-6-4-17(5-7-19)15-33(2)16-20-12-21-23(37-20)25(34-8-10-36-11-9-34)32-24(31-21)18-13-28-26(27)29-14-18/h3-7,12-14H,1,8-11,15-16H2,2H3,(H,30,35)(H2,27,28,29). The Labute approximate surface area is 218 Å². The first kappa shape index (κ1) is 24.8. The Bertz CT molecular complexity index is 1400. The van der Waals surface area contributed by atoms with Crippen molar-refractivity contribution in [1.82, 2.24) is 24.8 Å². The molecule has 0 radical (unpaired) electrons. The molecule has 37 heavy (non-hydrogen) atoms. The number of hydrogen-bond donors (Lipinski definition) is 2. The average molecular weight is 517 g/mol. The van der Waals surface area contributed by atoms with Crippen molar-refractivity contribution >= 4 is 44.9 Å². The molecule has 1 fully saturated rings. The molecule has 1 aliphatic rings. The zero-order valence-electron chi connectivity index (χ0n) is 20.6. The summed E-state index contributed by atoms with van der Waals surface area (Å²) in [6.45, 7) is 7.90. The van der Waals surface area contributed by atoms with E-state index in [1.807, 2.05) is 24.3 Å². The quantitative estimate of drug-likeness (QED) is 0.340. The van der Waals surface area contributed by atoms with Gasteiger partial charge in [-0.3, -0.25) is 9.69 Å². The van der Waals surface area contributed by atoms with Crippen LogP contribution in [-0.4, -0.2) is 64.1 Å². The maximum absolute atomic E-state index is 11.5. The van der Waals surface area contributed by atoms with E-state index in [9.17, 15) is 4.79 Å². The summed E-state index contributed by atoms with van der Waals surface area (Å²) >= 11 is 1.72. The fourth-order valence-corrected chi connectivity index (χ4v) is 5.33. The minimum absolute atomic E-state index is 0.218. The molecule has 190 valence electrons. The third kappa shape index (κ3) is 5.91. The van der Waals surface area contributed by atoms with E-state index in [4.69, 9.17) is 20.4 Å². The minimum Gasteiger partial charge on any atom is -0.378 e. The number of amides is 1. The van der Waals surface area contributed by atoms with Crippen LogP contribution in [0.15, 0.2) is 55.4 Å². The lowest BCUT2D eigenvalue weighted by molar-refractivity contribution is -0.111. The minimum atomic E-state index is -0.221. The summed E-state index contributed by atoms with van der Waals surface area (Å²) in [5.41, 5.74) is 9.20. The van der Waals surface area contributed by atoms with Crippen molar-refractivity contribution in [1.29, 1.82) is 0 Å². The lowest BCUT2D eigenvalue weighted by Gasteiger charge is -2.28. The predicted molar refractivity (Wildman–Crippen MR) is 146 cm³/mol. The van der Waals surface area contributed by atoms with Gasteiger partial charge in [-0.05, 0) is 36.9 Å². The van der Waals surface area contributed by atoms with Crippen LogP contribution in [0.4, 0.5) is 17.5 Å². The Morgan fingerprint density at radius 2 is 1.92 bits per heavy atom. The van der Waals surface area contributed by atoms with Gasteiger partial charge in [0.1, 0.15) is 0 Å². The summed E-state index contributed by atoms with van der Waals surface area (Å²) in [6, 6.07) is 9.97. The van der Waals surface area contributed by atoms with Crippen molar-refractivity contribution in [3.63, 3.8) is 0 Å². The molecule has 0 aliphatic carbocycles. The van der Waals surface area contributed by atoms with Crippen molar-refractivity contribution in [2.75, 3.05) is 49.3 Å². The van der Waals surface area contributed by atoms with Gasteiger partial charge in [0.05, 0.1) is 29.0 Å². The number of ether oxygens (including phenoxy) is 1. The molecule has 4 aromatic rings. The average Bonchev–Trinajstić information content (AvgIpc) is 3.32. The fraction of sp³-hybridized carbons (Fsp3) is 0.269. The first-order chi connectivity index (χ1) is 18.0. The molecular weight excluding hydrogens is 488 g/mol. The van der Waals surface area contributed by atoms with E-state index >= 15 is 0 Å². The van der Waals surface area contributed by atoms with Crippen LogP contribution in [-0.2, 0) is 22.6 Å². The maximum atomic E-state index is 11.5. The number of anilines is 3. The number of nitrogens with two attached hydrogens (primary N) is 1. The van der Waals surface area contributed by atoms with E-state index in [2.05, 4.69) is 44.8 Å². The van der Waals surface area contributed by atoms with Crippen LogP contribution in [0.25, 0.3) is 21.6 Å². The molecular formula is C26H28N8O2S. The molecule has 0 spiro atoms. The van der Waals surface area contributed by atoms with Gasteiger partial charge in [-0.15, -0.1) is 11.3 Å². The number of carbonyl (C=O) groups is 1. The fourth-order valence-electron chi connectivity index (χ4n) is 4.13. The topological polar surface area (TPSA) is 122 Å². The normalized spacial score (nSPS) is 13.7. The zero-order chi connectivity index (χ0) is 25.8. The van der Waals surface area contributed by atoms with E-state index in [1.54, 1.807) is 23.7 Å². The Hall–Kier alpha value is -3.93. The number of nitrogens with zero attached hydrogens (tertiary/aromatic N) is 6. The second-order valence-corrected chi connectivity index (χ2v) is 9.93. The number of rotatable bonds is 8. The van der Waals surface area contributed by atoms with Gasteiger partial charge in [-0.25, -0.2) is 19.9 Å². The molecule has 0 atom stereocenters. The molecule has 1 amide bonds. The van der Waals surface area contributed by atoms with Crippen LogP contribution in [0.3, 0.4) is 0 Å². The molecule has 3 aromatic heterocycles. The van der Waals surface area contributed by atoms with E-state index in [-0.39, 0.29) is 11.9 Å². The van der Waals surface area contributed by atoms with E-state index < -0.39 is 0 Å². The summed E-state index contributed by atoms with van der Waals surface area (Å²) in [5.74, 6) is 1.49. The number of thiophene rings is 1. The lowest BCUT2D eigenvalue weighted by atomic mass is 10.2. The lowest BCUT2D eigenvalue weighted by Crippen LogP contribution is -2.36. The van der Waals surface area contributed by atoms with Crippen molar-refractivity contribution < 1.29 is 9.53 Å². The third-order valence-corrected chi connectivity index (χ3v) is 7.04. The molecule has 4 heterocycles. The highest BCUT2D eigenvalue weighted by atomic mass is 32.1. The molecule has 3 N–H and O–H groups in total.